The van der Waals surface area contributed by atoms with Gasteiger partial charge in [-0.15, -0.1) is 0 Å². The molecule has 1 unspecified atom stereocenters. The van der Waals surface area contributed by atoms with Crippen LogP contribution in [0.1, 0.15) is 29.9 Å². The van der Waals surface area contributed by atoms with E-state index in [9.17, 15) is 4.39 Å². The molecule has 1 atom stereocenters. The minimum atomic E-state index is -0.248. The molecule has 2 rings (SSSR count). The average molecular weight is 338 g/mol. The molecule has 106 valence electrons. The van der Waals surface area contributed by atoms with E-state index in [-0.39, 0.29) is 11.9 Å². The Morgan fingerprint density at radius 1 is 1.30 bits per heavy atom. The summed E-state index contributed by atoms with van der Waals surface area (Å²) in [6.45, 7) is 4.78. The Bertz CT molecular complexity index is 572. The van der Waals surface area contributed by atoms with Gasteiger partial charge in [-0.2, -0.15) is 0 Å². The first kappa shape index (κ1) is 15.1. The smallest absolute Gasteiger partial charge is 0.145 e. The number of likely N-dealkylation sites (N-methyl/N-ethyl adjacent to an activating group) is 1. The van der Waals surface area contributed by atoms with Gasteiger partial charge in [-0.05, 0) is 53.0 Å². The van der Waals surface area contributed by atoms with Gasteiger partial charge in [0.25, 0.3) is 0 Å². The first-order valence-electron chi connectivity index (χ1n) is 6.56. The Kier molecular flexibility index (Phi) is 5.20. The summed E-state index contributed by atoms with van der Waals surface area (Å²) < 4.78 is 14.1. The lowest BCUT2D eigenvalue weighted by atomic mass is 10.0. The van der Waals surface area contributed by atoms with Crippen LogP contribution in [0.3, 0.4) is 0 Å². The Hall–Kier alpha value is -1.33. The average Bonchev–Trinajstić information content (AvgIpc) is 2.44. The van der Waals surface area contributed by atoms with Crippen LogP contribution in [0.5, 0.6) is 0 Å². The van der Waals surface area contributed by atoms with Gasteiger partial charge in [-0.25, -0.2) is 14.4 Å². The summed E-state index contributed by atoms with van der Waals surface area (Å²) in [5, 5.41) is 3.35. The summed E-state index contributed by atoms with van der Waals surface area (Å²) in [6, 6.07) is 5.04. The molecule has 1 heterocycles. The van der Waals surface area contributed by atoms with E-state index in [0.717, 1.165) is 23.5 Å². The maximum Gasteiger partial charge on any atom is 0.145 e. The zero-order valence-electron chi connectivity index (χ0n) is 11.5. The standard InChI is InChI=1S/C15H17BrFN3/c1-3-18-13(15-19-8-10(2)9-20-15)7-11-5-4-6-12(17)14(11)16/h4-6,8-9,13,18H,3,7H2,1-2H3. The van der Waals surface area contributed by atoms with E-state index in [1.165, 1.54) is 6.07 Å². The summed E-state index contributed by atoms with van der Waals surface area (Å²) in [5.74, 6) is 0.483. The second-order valence-electron chi connectivity index (χ2n) is 4.65. The third-order valence-electron chi connectivity index (χ3n) is 3.02. The largest absolute Gasteiger partial charge is 0.307 e. The van der Waals surface area contributed by atoms with Crippen molar-refractivity contribution in [1.82, 2.24) is 15.3 Å². The van der Waals surface area contributed by atoms with E-state index in [1.807, 2.05) is 19.9 Å². The number of nitrogens with one attached hydrogen (secondary N) is 1. The lowest BCUT2D eigenvalue weighted by Gasteiger charge is -2.17. The zero-order chi connectivity index (χ0) is 14.5. The second kappa shape index (κ2) is 6.90. The van der Waals surface area contributed by atoms with Gasteiger partial charge in [-0.1, -0.05) is 19.1 Å². The predicted octanol–water partition coefficient (Wildman–Crippen LogP) is 3.58. The summed E-state index contributed by atoms with van der Waals surface area (Å²) >= 11 is 3.30. The number of aryl methyl sites for hydroxylation is 1. The van der Waals surface area contributed by atoms with Crippen molar-refractivity contribution in [3.05, 3.63) is 57.8 Å². The molecule has 0 fully saturated rings. The van der Waals surface area contributed by atoms with Crippen molar-refractivity contribution in [3.63, 3.8) is 0 Å². The Labute approximate surface area is 126 Å². The van der Waals surface area contributed by atoms with Crippen LogP contribution in [0.15, 0.2) is 35.1 Å². The lowest BCUT2D eigenvalue weighted by molar-refractivity contribution is 0.517. The first-order valence-corrected chi connectivity index (χ1v) is 7.36. The number of hydrogen-bond acceptors (Lipinski definition) is 3. The highest BCUT2D eigenvalue weighted by molar-refractivity contribution is 9.10. The molecule has 0 aliphatic rings. The number of nitrogens with zero attached hydrogens (tertiary/aromatic N) is 2. The molecule has 1 aromatic heterocycles. The molecule has 0 bridgehead atoms. The van der Waals surface area contributed by atoms with E-state index < -0.39 is 0 Å². The second-order valence-corrected chi connectivity index (χ2v) is 5.44. The van der Waals surface area contributed by atoms with Crippen molar-refractivity contribution in [3.8, 4) is 0 Å². The van der Waals surface area contributed by atoms with Crippen molar-refractivity contribution >= 4 is 15.9 Å². The van der Waals surface area contributed by atoms with Crippen molar-refractivity contribution in [2.45, 2.75) is 26.3 Å². The Morgan fingerprint density at radius 3 is 2.65 bits per heavy atom. The highest BCUT2D eigenvalue weighted by atomic mass is 79.9. The first-order chi connectivity index (χ1) is 9.61. The van der Waals surface area contributed by atoms with Crippen LogP contribution in [0, 0.1) is 12.7 Å². The van der Waals surface area contributed by atoms with E-state index in [0.29, 0.717) is 10.9 Å². The van der Waals surface area contributed by atoms with E-state index in [2.05, 4.69) is 31.2 Å². The molecule has 2 aromatic rings. The molecule has 3 nitrogen and oxygen atoms in total. The minimum absolute atomic E-state index is 0.0290. The molecular weight excluding hydrogens is 321 g/mol. The topological polar surface area (TPSA) is 37.8 Å². The number of halogens is 2. The summed E-state index contributed by atoms with van der Waals surface area (Å²) in [7, 11) is 0. The van der Waals surface area contributed by atoms with E-state index in [4.69, 9.17) is 0 Å². The third-order valence-corrected chi connectivity index (χ3v) is 3.91. The molecule has 1 N–H and O–H groups in total. The maximum atomic E-state index is 13.6. The molecule has 0 radical (unpaired) electrons. The Balaban J connectivity index is 2.25. The highest BCUT2D eigenvalue weighted by Gasteiger charge is 2.16. The van der Waals surface area contributed by atoms with Gasteiger partial charge in [0.1, 0.15) is 11.6 Å². The fourth-order valence-corrected chi connectivity index (χ4v) is 2.44. The van der Waals surface area contributed by atoms with Crippen LogP contribution in [-0.2, 0) is 6.42 Å². The van der Waals surface area contributed by atoms with Gasteiger partial charge < -0.3 is 5.32 Å². The van der Waals surface area contributed by atoms with Gasteiger partial charge in [0.15, 0.2) is 0 Å². The van der Waals surface area contributed by atoms with Gasteiger partial charge in [0, 0.05) is 12.4 Å². The molecule has 0 aliphatic heterocycles. The quantitative estimate of drug-likeness (QED) is 0.906. The zero-order valence-corrected chi connectivity index (χ0v) is 13.1. The van der Waals surface area contributed by atoms with E-state index >= 15 is 0 Å². The molecule has 0 spiro atoms. The molecule has 0 saturated carbocycles. The molecular formula is C15H17BrFN3. The van der Waals surface area contributed by atoms with Crippen LogP contribution in [0.25, 0.3) is 0 Å². The molecule has 0 aliphatic carbocycles. The van der Waals surface area contributed by atoms with Crippen LogP contribution in [0.2, 0.25) is 0 Å². The number of rotatable bonds is 5. The van der Waals surface area contributed by atoms with Crippen LogP contribution >= 0.6 is 15.9 Å². The normalized spacial score (nSPS) is 12.4. The number of hydrogen-bond donors (Lipinski definition) is 1. The van der Waals surface area contributed by atoms with Crippen LogP contribution < -0.4 is 5.32 Å². The van der Waals surface area contributed by atoms with Gasteiger partial charge in [0.05, 0.1) is 10.5 Å². The van der Waals surface area contributed by atoms with Gasteiger partial charge >= 0.3 is 0 Å². The highest BCUT2D eigenvalue weighted by Crippen LogP contribution is 2.24. The number of aromatic nitrogens is 2. The third kappa shape index (κ3) is 3.61. The van der Waals surface area contributed by atoms with Crippen LogP contribution in [-0.4, -0.2) is 16.5 Å². The fourth-order valence-electron chi connectivity index (χ4n) is 2.01. The molecule has 1 aromatic carbocycles. The van der Waals surface area contributed by atoms with Crippen molar-refractivity contribution in [1.29, 1.82) is 0 Å². The van der Waals surface area contributed by atoms with Crippen molar-refractivity contribution in [2.24, 2.45) is 0 Å². The van der Waals surface area contributed by atoms with Gasteiger partial charge in [0.2, 0.25) is 0 Å². The van der Waals surface area contributed by atoms with Crippen molar-refractivity contribution < 1.29 is 4.39 Å². The van der Waals surface area contributed by atoms with E-state index in [1.54, 1.807) is 18.5 Å². The maximum absolute atomic E-state index is 13.6. The molecule has 0 amide bonds. The predicted molar refractivity (Wildman–Crippen MR) is 81.0 cm³/mol. The summed E-state index contributed by atoms with van der Waals surface area (Å²) in [5.41, 5.74) is 1.93. The monoisotopic (exact) mass is 337 g/mol. The SMILES string of the molecule is CCNC(Cc1cccc(F)c1Br)c1ncc(C)cn1. The Morgan fingerprint density at radius 2 is 2.00 bits per heavy atom. The van der Waals surface area contributed by atoms with Crippen molar-refractivity contribution in [2.75, 3.05) is 6.54 Å². The van der Waals surface area contributed by atoms with Crippen LogP contribution in [0.4, 0.5) is 4.39 Å². The fraction of sp³-hybridized carbons (Fsp3) is 0.333. The summed E-state index contributed by atoms with van der Waals surface area (Å²) in [4.78, 5) is 8.73. The molecule has 0 saturated heterocycles. The van der Waals surface area contributed by atoms with Gasteiger partial charge in [-0.3, -0.25) is 0 Å². The summed E-state index contributed by atoms with van der Waals surface area (Å²) in [6.07, 6.45) is 4.23. The molecule has 20 heavy (non-hydrogen) atoms. The number of benzene rings is 1. The minimum Gasteiger partial charge on any atom is -0.307 e. The lowest BCUT2D eigenvalue weighted by Crippen LogP contribution is -2.25. The molecule has 5 heteroatoms.